The Balaban J connectivity index is 2.02. The molecule has 0 heterocycles. The van der Waals surface area contributed by atoms with Crippen LogP contribution in [0.4, 0.5) is 0 Å². The molecule has 0 aliphatic heterocycles. The summed E-state index contributed by atoms with van der Waals surface area (Å²) < 4.78 is 6.30. The lowest BCUT2D eigenvalue weighted by atomic mass is 9.81. The molecule has 2 rings (SSSR count). The van der Waals surface area contributed by atoms with Crippen LogP contribution in [0, 0.1) is 18.8 Å². The zero-order valence-electron chi connectivity index (χ0n) is 12.4. The molecule has 106 valence electrons. The van der Waals surface area contributed by atoms with Gasteiger partial charge in [0.1, 0.15) is 0 Å². The first-order valence-electron chi connectivity index (χ1n) is 7.50. The van der Waals surface area contributed by atoms with Gasteiger partial charge in [0.05, 0.1) is 12.2 Å². The Labute approximate surface area is 117 Å². The predicted molar refractivity (Wildman–Crippen MR) is 80.0 cm³/mol. The molecule has 1 aliphatic carbocycles. The molecule has 1 saturated carbocycles. The van der Waals surface area contributed by atoms with Crippen LogP contribution in [0.25, 0.3) is 0 Å². The highest BCUT2D eigenvalue weighted by Crippen LogP contribution is 2.33. The van der Waals surface area contributed by atoms with Gasteiger partial charge in [-0.2, -0.15) is 0 Å². The molecule has 0 spiro atoms. The average Bonchev–Trinajstić information content (AvgIpc) is 2.34. The lowest BCUT2D eigenvalue weighted by Gasteiger charge is -2.34. The highest BCUT2D eigenvalue weighted by molar-refractivity contribution is 5.24. The number of ether oxygens (including phenoxy) is 1. The minimum atomic E-state index is 0.0439. The van der Waals surface area contributed by atoms with Crippen molar-refractivity contribution in [1.82, 2.24) is 0 Å². The lowest BCUT2D eigenvalue weighted by molar-refractivity contribution is -0.0466. The van der Waals surface area contributed by atoms with Crippen LogP contribution >= 0.6 is 0 Å². The highest BCUT2D eigenvalue weighted by Gasteiger charge is 2.26. The summed E-state index contributed by atoms with van der Waals surface area (Å²) >= 11 is 0. The zero-order valence-corrected chi connectivity index (χ0v) is 12.4. The fraction of sp³-hybridized carbons (Fsp3) is 0.647. The fourth-order valence-corrected chi connectivity index (χ4v) is 3.36. The van der Waals surface area contributed by atoms with E-state index in [4.69, 9.17) is 10.5 Å². The Bertz CT molecular complexity index is 394. The van der Waals surface area contributed by atoms with Crippen LogP contribution in [0.1, 0.15) is 50.3 Å². The Morgan fingerprint density at radius 3 is 2.47 bits per heavy atom. The number of hydrogen-bond donors (Lipinski definition) is 1. The summed E-state index contributed by atoms with van der Waals surface area (Å²) in [6.45, 7) is 7.33. The standard InChI is InChI=1S/C17H27NO/c1-12-5-4-6-15(8-12)17(11-18)19-16-9-13(2)7-14(3)10-16/h4-6,8,13-14,16-17H,7,9-11,18H2,1-3H3. The highest BCUT2D eigenvalue weighted by atomic mass is 16.5. The van der Waals surface area contributed by atoms with Gasteiger partial charge in [-0.05, 0) is 43.6 Å². The fourth-order valence-electron chi connectivity index (χ4n) is 3.36. The minimum absolute atomic E-state index is 0.0439. The minimum Gasteiger partial charge on any atom is -0.369 e. The Hall–Kier alpha value is -0.860. The van der Waals surface area contributed by atoms with Gasteiger partial charge in [-0.15, -0.1) is 0 Å². The molecule has 1 aromatic rings. The van der Waals surface area contributed by atoms with Gasteiger partial charge in [0.15, 0.2) is 0 Å². The second-order valence-corrected chi connectivity index (χ2v) is 6.31. The molecule has 1 fully saturated rings. The number of aryl methyl sites for hydroxylation is 1. The van der Waals surface area contributed by atoms with Gasteiger partial charge in [0.2, 0.25) is 0 Å². The smallest absolute Gasteiger partial charge is 0.0950 e. The third-order valence-corrected chi connectivity index (χ3v) is 4.12. The molecule has 2 heteroatoms. The monoisotopic (exact) mass is 261 g/mol. The molecule has 2 nitrogen and oxygen atoms in total. The maximum absolute atomic E-state index is 6.30. The van der Waals surface area contributed by atoms with Crippen LogP contribution in [0.2, 0.25) is 0 Å². The molecule has 1 aromatic carbocycles. The van der Waals surface area contributed by atoms with Gasteiger partial charge < -0.3 is 10.5 Å². The van der Waals surface area contributed by atoms with E-state index in [-0.39, 0.29) is 6.10 Å². The van der Waals surface area contributed by atoms with Gasteiger partial charge >= 0.3 is 0 Å². The van der Waals surface area contributed by atoms with E-state index in [1.807, 2.05) is 0 Å². The first-order valence-corrected chi connectivity index (χ1v) is 7.50. The van der Waals surface area contributed by atoms with Crippen molar-refractivity contribution in [3.63, 3.8) is 0 Å². The summed E-state index contributed by atoms with van der Waals surface area (Å²) in [7, 11) is 0. The van der Waals surface area contributed by atoms with E-state index >= 15 is 0 Å². The van der Waals surface area contributed by atoms with Crippen molar-refractivity contribution in [3.05, 3.63) is 35.4 Å². The summed E-state index contributed by atoms with van der Waals surface area (Å²) in [6.07, 6.45) is 4.09. The van der Waals surface area contributed by atoms with E-state index in [2.05, 4.69) is 45.0 Å². The van der Waals surface area contributed by atoms with Gasteiger partial charge in [0.25, 0.3) is 0 Å². The second-order valence-electron chi connectivity index (χ2n) is 6.31. The molecule has 0 saturated heterocycles. The molecule has 0 bridgehead atoms. The molecule has 2 N–H and O–H groups in total. The largest absolute Gasteiger partial charge is 0.369 e. The molecule has 3 unspecified atom stereocenters. The van der Waals surface area contributed by atoms with E-state index in [1.165, 1.54) is 30.4 Å². The molecule has 3 atom stereocenters. The number of hydrogen-bond acceptors (Lipinski definition) is 2. The SMILES string of the molecule is Cc1cccc(C(CN)OC2CC(C)CC(C)C2)c1. The maximum atomic E-state index is 6.30. The van der Waals surface area contributed by atoms with E-state index < -0.39 is 0 Å². The van der Waals surface area contributed by atoms with Crippen LogP contribution in [-0.4, -0.2) is 12.6 Å². The Morgan fingerprint density at radius 1 is 1.21 bits per heavy atom. The van der Waals surface area contributed by atoms with Crippen LogP contribution < -0.4 is 5.73 Å². The van der Waals surface area contributed by atoms with Crippen molar-refractivity contribution < 1.29 is 4.74 Å². The lowest BCUT2D eigenvalue weighted by Crippen LogP contribution is -2.30. The third kappa shape index (κ3) is 4.05. The summed E-state index contributed by atoms with van der Waals surface area (Å²) in [4.78, 5) is 0. The van der Waals surface area contributed by atoms with E-state index in [0.29, 0.717) is 12.6 Å². The van der Waals surface area contributed by atoms with Crippen LogP contribution in [0.3, 0.4) is 0 Å². The van der Waals surface area contributed by atoms with Gasteiger partial charge in [0, 0.05) is 6.54 Å². The first kappa shape index (κ1) is 14.5. The number of benzene rings is 1. The third-order valence-electron chi connectivity index (χ3n) is 4.12. The zero-order chi connectivity index (χ0) is 13.8. The normalized spacial score (nSPS) is 29.2. The molecule has 0 radical (unpaired) electrons. The van der Waals surface area contributed by atoms with Crippen molar-refractivity contribution >= 4 is 0 Å². The number of nitrogens with two attached hydrogens (primary N) is 1. The summed E-state index contributed by atoms with van der Waals surface area (Å²) in [6, 6.07) is 8.51. The molecular weight excluding hydrogens is 234 g/mol. The first-order chi connectivity index (χ1) is 9.08. The summed E-state index contributed by atoms with van der Waals surface area (Å²) in [5.41, 5.74) is 8.40. The number of rotatable bonds is 4. The van der Waals surface area contributed by atoms with Crippen LogP contribution in [0.5, 0.6) is 0 Å². The van der Waals surface area contributed by atoms with Crippen molar-refractivity contribution in [2.24, 2.45) is 17.6 Å². The maximum Gasteiger partial charge on any atom is 0.0950 e. The van der Waals surface area contributed by atoms with Gasteiger partial charge in [-0.25, -0.2) is 0 Å². The molecular formula is C17H27NO. The molecule has 19 heavy (non-hydrogen) atoms. The van der Waals surface area contributed by atoms with Crippen molar-refractivity contribution in [2.75, 3.05) is 6.54 Å². The molecule has 1 aliphatic rings. The second kappa shape index (κ2) is 6.53. The Kier molecular flexibility index (Phi) is 5.00. The van der Waals surface area contributed by atoms with Gasteiger partial charge in [-0.1, -0.05) is 43.7 Å². The van der Waals surface area contributed by atoms with Crippen molar-refractivity contribution in [1.29, 1.82) is 0 Å². The Morgan fingerprint density at radius 2 is 1.89 bits per heavy atom. The predicted octanol–water partition coefficient (Wildman–Crippen LogP) is 3.84. The van der Waals surface area contributed by atoms with E-state index in [9.17, 15) is 0 Å². The van der Waals surface area contributed by atoms with Gasteiger partial charge in [-0.3, -0.25) is 0 Å². The van der Waals surface area contributed by atoms with Crippen LogP contribution in [-0.2, 0) is 4.74 Å². The van der Waals surface area contributed by atoms with E-state index in [1.54, 1.807) is 0 Å². The quantitative estimate of drug-likeness (QED) is 0.894. The average molecular weight is 261 g/mol. The summed E-state index contributed by atoms with van der Waals surface area (Å²) in [5, 5.41) is 0. The topological polar surface area (TPSA) is 35.2 Å². The van der Waals surface area contributed by atoms with Crippen molar-refractivity contribution in [3.8, 4) is 0 Å². The molecule has 0 amide bonds. The summed E-state index contributed by atoms with van der Waals surface area (Å²) in [5.74, 6) is 1.54. The van der Waals surface area contributed by atoms with E-state index in [0.717, 1.165) is 11.8 Å². The molecule has 0 aromatic heterocycles. The van der Waals surface area contributed by atoms with Crippen molar-refractivity contribution in [2.45, 2.75) is 52.2 Å². The van der Waals surface area contributed by atoms with Crippen LogP contribution in [0.15, 0.2) is 24.3 Å².